The van der Waals surface area contributed by atoms with E-state index in [0.29, 0.717) is 6.07 Å². The number of aliphatic hydroxyl groups is 2. The smallest absolute Gasteiger partial charge is 0.176 e. The first-order valence-electron chi connectivity index (χ1n) is 4.33. The molecule has 16 heavy (non-hydrogen) atoms. The van der Waals surface area contributed by atoms with Crippen LogP contribution in [-0.4, -0.2) is 29.5 Å². The number of rotatable bonds is 4. The van der Waals surface area contributed by atoms with Crippen LogP contribution >= 0.6 is 15.9 Å². The minimum Gasteiger partial charge on any atom is -0.394 e. The summed E-state index contributed by atoms with van der Waals surface area (Å²) >= 11 is 2.56. The fourth-order valence-electron chi connectivity index (χ4n) is 0.994. The summed E-state index contributed by atoms with van der Waals surface area (Å²) in [6.45, 7) is -0.690. The zero-order chi connectivity index (χ0) is 12.3. The first kappa shape index (κ1) is 13.3. The lowest BCUT2D eigenvalue weighted by molar-refractivity contribution is 0.105. The standard InChI is InChI=1S/C9H9BrF3NO2/c10-7-8(12)5(11)1-6(9(7)13)14-2-4(16)3-15/h1,4,14-16H,2-3H2. The Morgan fingerprint density at radius 3 is 2.50 bits per heavy atom. The van der Waals surface area contributed by atoms with Crippen LogP contribution in [0, 0.1) is 17.5 Å². The molecule has 0 aliphatic heterocycles. The normalized spacial score (nSPS) is 12.6. The highest BCUT2D eigenvalue weighted by Crippen LogP contribution is 2.28. The van der Waals surface area contributed by atoms with Crippen LogP contribution in [0.2, 0.25) is 0 Å². The van der Waals surface area contributed by atoms with Gasteiger partial charge in [-0.2, -0.15) is 0 Å². The lowest BCUT2D eigenvalue weighted by Gasteiger charge is -2.12. The van der Waals surface area contributed by atoms with Crippen molar-refractivity contribution in [3.63, 3.8) is 0 Å². The van der Waals surface area contributed by atoms with Gasteiger partial charge in [-0.1, -0.05) is 0 Å². The zero-order valence-corrected chi connectivity index (χ0v) is 9.56. The van der Waals surface area contributed by atoms with E-state index in [2.05, 4.69) is 21.2 Å². The number of hydrogen-bond donors (Lipinski definition) is 3. The third-order valence-electron chi connectivity index (χ3n) is 1.84. The fraction of sp³-hybridized carbons (Fsp3) is 0.333. The highest BCUT2D eigenvalue weighted by molar-refractivity contribution is 9.10. The molecule has 0 spiro atoms. The Labute approximate surface area is 98.0 Å². The maximum absolute atomic E-state index is 13.3. The van der Waals surface area contributed by atoms with Crippen molar-refractivity contribution in [2.24, 2.45) is 0 Å². The molecule has 0 bridgehead atoms. The van der Waals surface area contributed by atoms with E-state index in [1.165, 1.54) is 0 Å². The van der Waals surface area contributed by atoms with Gasteiger partial charge < -0.3 is 15.5 Å². The van der Waals surface area contributed by atoms with Gasteiger partial charge in [0, 0.05) is 12.6 Å². The van der Waals surface area contributed by atoms with Crippen LogP contribution < -0.4 is 5.32 Å². The predicted octanol–water partition coefficient (Wildman–Crippen LogP) is 1.63. The molecule has 0 saturated carbocycles. The molecule has 1 unspecified atom stereocenters. The average Bonchev–Trinajstić information content (AvgIpc) is 2.28. The van der Waals surface area contributed by atoms with Crippen molar-refractivity contribution in [2.75, 3.05) is 18.5 Å². The Bertz CT molecular complexity index is 390. The summed E-state index contributed by atoms with van der Waals surface area (Å²) in [5, 5.41) is 19.8. The zero-order valence-electron chi connectivity index (χ0n) is 7.98. The summed E-state index contributed by atoms with van der Waals surface area (Å²) in [6, 6.07) is 0.638. The number of hydrogen-bond acceptors (Lipinski definition) is 3. The molecule has 0 aromatic heterocycles. The number of aliphatic hydroxyl groups excluding tert-OH is 2. The van der Waals surface area contributed by atoms with Gasteiger partial charge >= 0.3 is 0 Å². The molecule has 0 aliphatic carbocycles. The average molecular weight is 300 g/mol. The molecule has 3 N–H and O–H groups in total. The van der Waals surface area contributed by atoms with Gasteiger partial charge in [-0.25, -0.2) is 13.2 Å². The van der Waals surface area contributed by atoms with E-state index in [1.54, 1.807) is 0 Å². The molecular formula is C9H9BrF3NO2. The SMILES string of the molecule is OCC(O)CNc1cc(F)c(F)c(Br)c1F. The Hall–Kier alpha value is -0.790. The van der Waals surface area contributed by atoms with Crippen molar-refractivity contribution in [1.82, 2.24) is 0 Å². The van der Waals surface area contributed by atoms with Crippen molar-refractivity contribution in [3.05, 3.63) is 28.0 Å². The van der Waals surface area contributed by atoms with Gasteiger partial charge in [-0.15, -0.1) is 0 Å². The van der Waals surface area contributed by atoms with Gasteiger partial charge in [0.2, 0.25) is 0 Å². The molecule has 1 aromatic rings. The van der Waals surface area contributed by atoms with E-state index in [1.807, 2.05) is 0 Å². The monoisotopic (exact) mass is 299 g/mol. The number of anilines is 1. The van der Waals surface area contributed by atoms with Crippen LogP contribution in [0.3, 0.4) is 0 Å². The van der Waals surface area contributed by atoms with Gasteiger partial charge in [-0.05, 0) is 15.9 Å². The van der Waals surface area contributed by atoms with Crippen LogP contribution in [0.4, 0.5) is 18.9 Å². The molecule has 0 amide bonds. The fourth-order valence-corrected chi connectivity index (χ4v) is 1.40. The Morgan fingerprint density at radius 2 is 1.94 bits per heavy atom. The number of nitrogens with one attached hydrogen (secondary N) is 1. The predicted molar refractivity (Wildman–Crippen MR) is 55.6 cm³/mol. The van der Waals surface area contributed by atoms with Crippen molar-refractivity contribution in [1.29, 1.82) is 0 Å². The molecular weight excluding hydrogens is 291 g/mol. The van der Waals surface area contributed by atoms with Gasteiger partial charge in [0.15, 0.2) is 17.5 Å². The van der Waals surface area contributed by atoms with E-state index in [-0.39, 0.29) is 12.2 Å². The molecule has 0 saturated heterocycles. The molecule has 0 heterocycles. The van der Waals surface area contributed by atoms with E-state index < -0.39 is 34.6 Å². The molecule has 90 valence electrons. The highest BCUT2D eigenvalue weighted by atomic mass is 79.9. The van der Waals surface area contributed by atoms with Crippen LogP contribution in [0.25, 0.3) is 0 Å². The summed E-state index contributed by atoms with van der Waals surface area (Å²) in [7, 11) is 0. The number of halogens is 4. The second-order valence-electron chi connectivity index (χ2n) is 3.07. The minimum absolute atomic E-state index is 0.176. The van der Waals surface area contributed by atoms with Crippen molar-refractivity contribution >= 4 is 21.6 Å². The number of benzene rings is 1. The largest absolute Gasteiger partial charge is 0.394 e. The third kappa shape index (κ3) is 2.87. The van der Waals surface area contributed by atoms with Crippen LogP contribution in [0.5, 0.6) is 0 Å². The molecule has 3 nitrogen and oxygen atoms in total. The van der Waals surface area contributed by atoms with Crippen LogP contribution in [-0.2, 0) is 0 Å². The van der Waals surface area contributed by atoms with Gasteiger partial charge in [0.05, 0.1) is 22.9 Å². The summed E-state index contributed by atoms with van der Waals surface area (Å²) in [5.41, 5.74) is -0.293. The highest BCUT2D eigenvalue weighted by Gasteiger charge is 2.17. The van der Waals surface area contributed by atoms with Crippen molar-refractivity contribution in [2.45, 2.75) is 6.10 Å². The third-order valence-corrected chi connectivity index (χ3v) is 2.54. The molecule has 0 fully saturated rings. The van der Waals surface area contributed by atoms with Crippen LogP contribution in [0.15, 0.2) is 10.5 Å². The Kier molecular flexibility index (Phi) is 4.57. The van der Waals surface area contributed by atoms with E-state index in [4.69, 9.17) is 10.2 Å². The van der Waals surface area contributed by atoms with E-state index in [9.17, 15) is 13.2 Å². The molecule has 0 aliphatic rings. The van der Waals surface area contributed by atoms with Gasteiger partial charge in [-0.3, -0.25) is 0 Å². The molecule has 1 atom stereocenters. The summed E-state index contributed by atoms with van der Waals surface area (Å²) in [4.78, 5) is 0. The second-order valence-corrected chi connectivity index (χ2v) is 3.86. The summed E-state index contributed by atoms with van der Waals surface area (Å²) < 4.78 is 38.5. The minimum atomic E-state index is -1.31. The summed E-state index contributed by atoms with van der Waals surface area (Å²) in [5.74, 6) is -3.52. The first-order valence-corrected chi connectivity index (χ1v) is 5.12. The Morgan fingerprint density at radius 1 is 1.31 bits per heavy atom. The first-order chi connectivity index (χ1) is 7.47. The maximum atomic E-state index is 13.3. The van der Waals surface area contributed by atoms with Gasteiger partial charge in [0.1, 0.15) is 0 Å². The lowest BCUT2D eigenvalue weighted by atomic mass is 10.2. The van der Waals surface area contributed by atoms with Crippen molar-refractivity contribution < 1.29 is 23.4 Å². The molecule has 1 aromatic carbocycles. The van der Waals surface area contributed by atoms with Crippen LogP contribution in [0.1, 0.15) is 0 Å². The van der Waals surface area contributed by atoms with Crippen molar-refractivity contribution in [3.8, 4) is 0 Å². The molecule has 1 rings (SSSR count). The lowest BCUT2D eigenvalue weighted by Crippen LogP contribution is -2.23. The Balaban J connectivity index is 2.89. The quantitative estimate of drug-likeness (QED) is 0.585. The van der Waals surface area contributed by atoms with Gasteiger partial charge in [0.25, 0.3) is 0 Å². The van der Waals surface area contributed by atoms with E-state index >= 15 is 0 Å². The molecule has 7 heteroatoms. The summed E-state index contributed by atoms with van der Waals surface area (Å²) in [6.07, 6.45) is -1.11. The topological polar surface area (TPSA) is 52.5 Å². The molecule has 0 radical (unpaired) electrons. The maximum Gasteiger partial charge on any atom is 0.176 e. The second kappa shape index (κ2) is 5.51. The van der Waals surface area contributed by atoms with E-state index in [0.717, 1.165) is 0 Å².